The molecule has 1 spiro atoms. The second-order valence-corrected chi connectivity index (χ2v) is 12.3. The van der Waals surface area contributed by atoms with Gasteiger partial charge in [0.2, 0.25) is 0 Å². The normalized spacial score (nSPS) is 46.9. The summed E-state index contributed by atoms with van der Waals surface area (Å²) in [5, 5.41) is 33.6. The third-order valence-corrected chi connectivity index (χ3v) is 11.8. The number of phenolic OH excluding ortho intramolecular Hbond substituents is 1. The molecule has 1 aromatic rings. The first-order valence-electron chi connectivity index (χ1n) is 10.3. The number of hydrogen-bond acceptors (Lipinski definition) is 4. The molecule has 3 fully saturated rings. The van der Waals surface area contributed by atoms with Crippen molar-refractivity contribution in [3.63, 3.8) is 0 Å². The van der Waals surface area contributed by atoms with E-state index in [-0.39, 0.29) is 33.3 Å². The van der Waals surface area contributed by atoms with E-state index in [1.165, 1.54) is 24.9 Å². The molecule has 0 radical (unpaired) electrons. The zero-order chi connectivity index (χ0) is 18.6. The van der Waals surface area contributed by atoms with Crippen LogP contribution in [0.5, 0.6) is 11.5 Å². The van der Waals surface area contributed by atoms with Gasteiger partial charge in [-0.25, -0.2) is 0 Å². The molecular formula is C21H28INO4. The summed E-state index contributed by atoms with van der Waals surface area (Å²) in [4.78, 5) is 2.39. The van der Waals surface area contributed by atoms with E-state index in [4.69, 9.17) is 4.74 Å². The van der Waals surface area contributed by atoms with Crippen molar-refractivity contribution in [2.75, 3.05) is 18.0 Å². The van der Waals surface area contributed by atoms with Crippen LogP contribution in [0.3, 0.4) is 0 Å². The summed E-state index contributed by atoms with van der Waals surface area (Å²) in [5.41, 5.74) is 0.848. The van der Waals surface area contributed by atoms with E-state index in [2.05, 4.69) is 4.93 Å². The second kappa shape index (κ2) is 5.32. The molecule has 3 aliphatic carbocycles. The average molecular weight is 485 g/mol. The van der Waals surface area contributed by atoms with Crippen molar-refractivity contribution in [2.24, 2.45) is 5.92 Å². The van der Waals surface area contributed by atoms with Crippen LogP contribution in [0.4, 0.5) is 0 Å². The van der Waals surface area contributed by atoms with Crippen LogP contribution in [0, 0.1) is 5.92 Å². The van der Waals surface area contributed by atoms with E-state index in [0.29, 0.717) is 18.6 Å². The number of likely N-dealkylation sites (tertiary alicyclic amines) is 1. The van der Waals surface area contributed by atoms with Gasteiger partial charge in [-0.15, -0.1) is 0 Å². The van der Waals surface area contributed by atoms with Gasteiger partial charge < -0.3 is 0 Å². The number of ether oxygens (including phenoxy) is 1. The molecule has 6 heteroatoms. The van der Waals surface area contributed by atoms with Crippen molar-refractivity contribution in [1.29, 1.82) is 0 Å². The Hall–Kier alpha value is -0.570. The zero-order valence-electron chi connectivity index (χ0n) is 15.7. The number of aromatic hydroxyl groups is 1. The third kappa shape index (κ3) is 1.91. The van der Waals surface area contributed by atoms with Crippen molar-refractivity contribution in [3.05, 3.63) is 23.3 Å². The number of aliphatic hydroxyl groups is 2. The van der Waals surface area contributed by atoms with Gasteiger partial charge in [-0.05, 0) is 0 Å². The Balaban J connectivity index is 1.59. The van der Waals surface area contributed by atoms with E-state index in [0.717, 1.165) is 33.6 Å². The number of phenols is 1. The maximum atomic E-state index is 12.3. The van der Waals surface area contributed by atoms with E-state index < -0.39 is 23.2 Å². The summed E-state index contributed by atoms with van der Waals surface area (Å²) < 4.78 is 7.34. The van der Waals surface area contributed by atoms with Gasteiger partial charge in [0.1, 0.15) is 0 Å². The predicted octanol–water partition coefficient (Wildman–Crippen LogP) is -1.53. The summed E-state index contributed by atoms with van der Waals surface area (Å²) in [6.07, 6.45) is 4.62. The van der Waals surface area contributed by atoms with E-state index in [9.17, 15) is 15.3 Å². The molecule has 2 saturated carbocycles. The van der Waals surface area contributed by atoms with Gasteiger partial charge in [-0.3, -0.25) is 0 Å². The molecule has 1 unspecified atom stereocenters. The van der Waals surface area contributed by atoms with Gasteiger partial charge in [0.15, 0.2) is 0 Å². The Morgan fingerprint density at radius 1 is 1.26 bits per heavy atom. The molecule has 3 N–H and O–H groups in total. The Morgan fingerprint density at radius 2 is 2.07 bits per heavy atom. The third-order valence-electron chi connectivity index (χ3n) is 8.34. The fourth-order valence-corrected chi connectivity index (χ4v) is 9.99. The molecule has 0 amide bonds. The summed E-state index contributed by atoms with van der Waals surface area (Å²) in [5.74, 6) is 1.52. The molecule has 27 heavy (non-hydrogen) atoms. The molecule has 5 nitrogen and oxygen atoms in total. The minimum atomic E-state index is -0.841. The van der Waals surface area contributed by atoms with Gasteiger partial charge in [-0.2, -0.15) is 0 Å². The van der Waals surface area contributed by atoms with Crippen LogP contribution in [-0.2, 0) is 11.8 Å². The number of alkyl halides is 1. The van der Waals surface area contributed by atoms with Crippen molar-refractivity contribution in [1.82, 2.24) is 0 Å². The molecule has 2 aliphatic heterocycles. The standard InChI is InChI=1S/C21H28INO4/c1-22-23(11-12-2-3-12)9-8-20-17-13-4-5-14(24)18(17)27-19(20)15(25)6-7-21(20,26)16(23)10-13/h4-5,12,15-16,19,24-26H,2-3,6-11H2,1H3/t15-,16+,19-,20-,21+,23?/m0/s1. The molecule has 5 aliphatic rings. The summed E-state index contributed by atoms with van der Waals surface area (Å²) in [6.45, 7) is 2.30. The fraction of sp³-hybridized carbons (Fsp3) is 0.714. The van der Waals surface area contributed by atoms with Gasteiger partial charge in [-0.1, -0.05) is 0 Å². The molecule has 6 atom stereocenters. The number of hydrogen-bond donors (Lipinski definition) is 3. The second-order valence-electron chi connectivity index (χ2n) is 9.40. The van der Waals surface area contributed by atoms with Crippen LogP contribution < -0.4 is 26.2 Å². The van der Waals surface area contributed by atoms with Crippen molar-refractivity contribution < 1.29 is 44.2 Å². The number of benzene rings is 1. The minimum absolute atomic E-state index is 0.0767. The first kappa shape index (κ1) is 17.3. The SMILES string of the molecule is C[I-][N+]1(CC2CC2)CC[C@]23c4c5ccc(O)c4O[C@H]2[C@@H](O)CC[C@@]3(O)[C@H]1C5. The van der Waals surface area contributed by atoms with Gasteiger partial charge in [0.25, 0.3) is 0 Å². The molecule has 0 aromatic heterocycles. The molecule has 2 heterocycles. The van der Waals surface area contributed by atoms with Gasteiger partial charge in [0.05, 0.1) is 0 Å². The summed E-state index contributed by atoms with van der Waals surface area (Å²) in [6, 6.07) is 3.98. The Bertz CT molecular complexity index is 829. The molecule has 1 saturated heterocycles. The van der Waals surface area contributed by atoms with E-state index in [1.54, 1.807) is 6.07 Å². The number of halogens is 1. The maximum absolute atomic E-state index is 12.3. The number of rotatable bonds is 3. The molecule has 1 aromatic carbocycles. The fourth-order valence-electron chi connectivity index (χ4n) is 6.98. The zero-order valence-corrected chi connectivity index (χ0v) is 17.9. The van der Waals surface area contributed by atoms with Crippen LogP contribution in [0.15, 0.2) is 12.1 Å². The molecular weight excluding hydrogens is 457 g/mol. The molecule has 6 rings (SSSR count). The average Bonchev–Trinajstić information content (AvgIpc) is 3.39. The summed E-state index contributed by atoms with van der Waals surface area (Å²) in [7, 11) is 0. The van der Waals surface area contributed by atoms with Crippen LogP contribution in [0.25, 0.3) is 0 Å². The Morgan fingerprint density at radius 3 is 2.81 bits per heavy atom. The topological polar surface area (TPSA) is 69.9 Å². The predicted molar refractivity (Wildman–Crippen MR) is 95.1 cm³/mol. The van der Waals surface area contributed by atoms with Crippen LogP contribution >= 0.6 is 0 Å². The van der Waals surface area contributed by atoms with Crippen molar-refractivity contribution in [2.45, 2.75) is 67.8 Å². The van der Waals surface area contributed by atoms with Crippen LogP contribution in [-0.4, -0.2) is 59.9 Å². The van der Waals surface area contributed by atoms with Crippen LogP contribution in [0.1, 0.15) is 43.2 Å². The van der Waals surface area contributed by atoms with Crippen molar-refractivity contribution >= 4 is 0 Å². The van der Waals surface area contributed by atoms with E-state index in [1.807, 2.05) is 6.07 Å². The quantitative estimate of drug-likeness (QED) is 0.276. The first-order chi connectivity index (χ1) is 13.0. The van der Waals surface area contributed by atoms with Gasteiger partial charge >= 0.3 is 171 Å². The van der Waals surface area contributed by atoms with E-state index >= 15 is 0 Å². The Kier molecular flexibility index (Phi) is 3.41. The Labute approximate surface area is 170 Å². The molecule has 148 valence electrons. The number of quaternary nitrogens is 1. The molecule has 2 bridgehead atoms. The van der Waals surface area contributed by atoms with Crippen molar-refractivity contribution in [3.8, 4) is 11.5 Å². The summed E-state index contributed by atoms with van der Waals surface area (Å²) >= 11 is -0.0767. The first-order valence-corrected chi connectivity index (χ1v) is 13.4. The van der Waals surface area contributed by atoms with Crippen LogP contribution in [0.2, 0.25) is 0 Å². The number of piperidine rings is 1. The monoisotopic (exact) mass is 485 g/mol. The number of nitrogens with zero attached hydrogens (tertiary/aromatic N) is 1. The number of aliphatic hydroxyl groups excluding tert-OH is 1. The van der Waals surface area contributed by atoms with Gasteiger partial charge in [0, 0.05) is 0 Å².